The molecule has 0 aliphatic carbocycles. The van der Waals surface area contributed by atoms with Gasteiger partial charge in [0.05, 0.1) is 6.54 Å². The first-order chi connectivity index (χ1) is 12.2. The van der Waals surface area contributed by atoms with E-state index >= 15 is 0 Å². The molecule has 5 rings (SSSR count). The van der Waals surface area contributed by atoms with Crippen molar-refractivity contribution in [2.24, 2.45) is 0 Å². The lowest BCUT2D eigenvalue weighted by Crippen LogP contribution is -2.46. The molecule has 1 aromatic heterocycles. The van der Waals surface area contributed by atoms with Gasteiger partial charge >= 0.3 is 5.69 Å². The molecule has 1 saturated heterocycles. The first-order valence-electron chi connectivity index (χ1n) is 8.60. The van der Waals surface area contributed by atoms with E-state index in [4.69, 9.17) is 14.2 Å². The van der Waals surface area contributed by atoms with Crippen molar-refractivity contribution in [1.82, 2.24) is 19.7 Å². The van der Waals surface area contributed by atoms with Crippen molar-refractivity contribution in [3.63, 3.8) is 0 Å². The van der Waals surface area contributed by atoms with Gasteiger partial charge in [0.2, 0.25) is 0 Å². The zero-order valence-corrected chi connectivity index (χ0v) is 13.9. The molecular weight excluding hydrogens is 324 g/mol. The quantitative estimate of drug-likeness (QED) is 0.855. The molecule has 0 saturated carbocycles. The number of ether oxygens (including phenoxy) is 3. The Balaban J connectivity index is 1.30. The molecule has 3 aliphatic heterocycles. The second-order valence-electron chi connectivity index (χ2n) is 6.94. The van der Waals surface area contributed by atoms with Crippen LogP contribution in [0.25, 0.3) is 0 Å². The van der Waals surface area contributed by atoms with Crippen molar-refractivity contribution < 1.29 is 14.2 Å². The van der Waals surface area contributed by atoms with E-state index in [2.05, 4.69) is 27.2 Å². The highest BCUT2D eigenvalue weighted by Crippen LogP contribution is 2.34. The minimum atomic E-state index is -0.297. The van der Waals surface area contributed by atoms with Crippen LogP contribution < -0.4 is 15.2 Å². The third-order valence-electron chi connectivity index (χ3n) is 5.20. The molecule has 0 radical (unpaired) electrons. The van der Waals surface area contributed by atoms with Gasteiger partial charge in [0.1, 0.15) is 25.4 Å². The van der Waals surface area contributed by atoms with E-state index < -0.39 is 0 Å². The number of likely N-dealkylation sites (tertiary alicyclic amines) is 1. The van der Waals surface area contributed by atoms with Crippen LogP contribution in [0.4, 0.5) is 0 Å². The second-order valence-corrected chi connectivity index (χ2v) is 6.94. The maximum atomic E-state index is 11.9. The summed E-state index contributed by atoms with van der Waals surface area (Å²) in [5, 5.41) is 6.50. The van der Waals surface area contributed by atoms with Gasteiger partial charge in [-0.15, -0.1) is 0 Å². The summed E-state index contributed by atoms with van der Waals surface area (Å²) in [5.74, 6) is 2.32. The molecule has 1 unspecified atom stereocenters. The molecule has 1 spiro atoms. The van der Waals surface area contributed by atoms with E-state index in [0.717, 1.165) is 37.6 Å². The molecule has 132 valence electrons. The molecule has 1 N–H and O–H groups in total. The van der Waals surface area contributed by atoms with Crippen molar-refractivity contribution in [3.05, 3.63) is 40.1 Å². The fraction of sp³-hybridized carbons (Fsp3) is 0.529. The third-order valence-corrected chi connectivity index (χ3v) is 5.20. The maximum Gasteiger partial charge on any atom is 0.343 e. The maximum absolute atomic E-state index is 11.9. The number of rotatable bonds is 2. The summed E-state index contributed by atoms with van der Waals surface area (Å²) in [7, 11) is 0. The summed E-state index contributed by atoms with van der Waals surface area (Å²) >= 11 is 0. The van der Waals surface area contributed by atoms with E-state index in [1.165, 1.54) is 5.56 Å². The Kier molecular flexibility index (Phi) is 3.36. The highest BCUT2D eigenvalue weighted by Gasteiger charge is 2.43. The summed E-state index contributed by atoms with van der Waals surface area (Å²) in [4.78, 5) is 14.2. The number of hydrogen-bond donors (Lipinski definition) is 1. The number of benzene rings is 1. The van der Waals surface area contributed by atoms with Gasteiger partial charge in [0.15, 0.2) is 17.3 Å². The number of H-pyrrole nitrogens is 1. The van der Waals surface area contributed by atoms with Crippen LogP contribution in [0.1, 0.15) is 17.8 Å². The van der Waals surface area contributed by atoms with Crippen LogP contribution in [0.2, 0.25) is 0 Å². The highest BCUT2D eigenvalue weighted by atomic mass is 16.6. The van der Waals surface area contributed by atoms with E-state index in [-0.39, 0.29) is 11.3 Å². The molecule has 1 atom stereocenters. The van der Waals surface area contributed by atoms with Crippen LogP contribution in [-0.2, 0) is 24.4 Å². The average molecular weight is 344 g/mol. The number of fused-ring (bicyclic) bond motifs is 2. The standard InChI is InChI=1S/C17H20N4O4/c22-16-19-18-15-9-25-17(11-21(15)16)3-4-20(10-17)8-12-1-2-13-14(7-12)24-6-5-23-13/h1-2,7H,3-6,8-11H2,(H,19,22). The SMILES string of the molecule is O=c1[nH]nc2n1CC1(CCN(Cc3ccc4c(c3)OCCO4)C1)OC2. The molecule has 4 heterocycles. The molecule has 1 aromatic carbocycles. The summed E-state index contributed by atoms with van der Waals surface area (Å²) in [6.45, 7) is 4.72. The molecule has 0 amide bonds. The minimum absolute atomic E-state index is 0.150. The topological polar surface area (TPSA) is 81.6 Å². The lowest BCUT2D eigenvalue weighted by atomic mass is 10.0. The van der Waals surface area contributed by atoms with Gasteiger partial charge in [0, 0.05) is 19.6 Å². The van der Waals surface area contributed by atoms with Gasteiger partial charge in [-0.05, 0) is 24.1 Å². The number of aromatic amines is 1. The lowest BCUT2D eigenvalue weighted by molar-refractivity contribution is -0.0832. The number of hydrogen-bond acceptors (Lipinski definition) is 6. The zero-order chi connectivity index (χ0) is 16.9. The van der Waals surface area contributed by atoms with E-state index in [1.807, 2.05) is 6.07 Å². The molecule has 3 aliphatic rings. The number of aromatic nitrogens is 3. The van der Waals surface area contributed by atoms with Gasteiger partial charge in [-0.1, -0.05) is 6.07 Å². The Hall–Kier alpha value is -2.32. The van der Waals surface area contributed by atoms with Gasteiger partial charge in [-0.3, -0.25) is 9.47 Å². The second kappa shape index (κ2) is 5.60. The fourth-order valence-electron chi connectivity index (χ4n) is 3.93. The summed E-state index contributed by atoms with van der Waals surface area (Å²) < 4.78 is 19.0. The third kappa shape index (κ3) is 2.61. The summed E-state index contributed by atoms with van der Waals surface area (Å²) in [6.07, 6.45) is 0.911. The molecule has 25 heavy (non-hydrogen) atoms. The van der Waals surface area contributed by atoms with E-state index in [1.54, 1.807) is 4.57 Å². The molecular formula is C17H20N4O4. The van der Waals surface area contributed by atoms with Crippen LogP contribution in [0, 0.1) is 0 Å². The van der Waals surface area contributed by atoms with Crippen molar-refractivity contribution in [2.45, 2.75) is 31.7 Å². The van der Waals surface area contributed by atoms with Crippen LogP contribution in [0.5, 0.6) is 11.5 Å². The molecule has 0 bridgehead atoms. The number of nitrogens with one attached hydrogen (secondary N) is 1. The summed E-state index contributed by atoms with van der Waals surface area (Å²) in [6, 6.07) is 6.11. The molecule has 2 aromatic rings. The largest absolute Gasteiger partial charge is 0.486 e. The fourth-order valence-corrected chi connectivity index (χ4v) is 3.93. The summed E-state index contributed by atoms with van der Waals surface area (Å²) in [5.41, 5.74) is 0.746. The van der Waals surface area contributed by atoms with Crippen LogP contribution >= 0.6 is 0 Å². The first kappa shape index (κ1) is 15.0. The van der Waals surface area contributed by atoms with Crippen LogP contribution in [-0.4, -0.2) is 51.6 Å². The zero-order valence-electron chi connectivity index (χ0n) is 13.9. The smallest absolute Gasteiger partial charge is 0.343 e. The monoisotopic (exact) mass is 344 g/mol. The van der Waals surface area contributed by atoms with Crippen molar-refractivity contribution in [1.29, 1.82) is 0 Å². The first-order valence-corrected chi connectivity index (χ1v) is 8.60. The predicted octanol–water partition coefficient (Wildman–Crippen LogP) is 0.517. The van der Waals surface area contributed by atoms with E-state index in [0.29, 0.717) is 32.2 Å². The van der Waals surface area contributed by atoms with Crippen LogP contribution in [0.3, 0.4) is 0 Å². The normalized spacial score (nSPS) is 25.3. The Labute approximate surface area is 144 Å². The van der Waals surface area contributed by atoms with Crippen LogP contribution in [0.15, 0.2) is 23.0 Å². The lowest BCUT2D eigenvalue weighted by Gasteiger charge is -2.33. The predicted molar refractivity (Wildman–Crippen MR) is 87.7 cm³/mol. The van der Waals surface area contributed by atoms with Crippen molar-refractivity contribution >= 4 is 0 Å². The van der Waals surface area contributed by atoms with Gasteiger partial charge in [0.25, 0.3) is 0 Å². The Morgan fingerprint density at radius 1 is 1.20 bits per heavy atom. The van der Waals surface area contributed by atoms with Crippen molar-refractivity contribution in [2.75, 3.05) is 26.3 Å². The molecule has 1 fully saturated rings. The highest BCUT2D eigenvalue weighted by molar-refractivity contribution is 5.43. The number of nitrogens with zero attached hydrogens (tertiary/aromatic N) is 3. The molecule has 8 heteroatoms. The van der Waals surface area contributed by atoms with E-state index in [9.17, 15) is 4.79 Å². The Morgan fingerprint density at radius 3 is 3.00 bits per heavy atom. The van der Waals surface area contributed by atoms with Crippen molar-refractivity contribution in [3.8, 4) is 11.5 Å². The van der Waals surface area contributed by atoms with Gasteiger partial charge < -0.3 is 14.2 Å². The van der Waals surface area contributed by atoms with Gasteiger partial charge in [-0.2, -0.15) is 5.10 Å². The average Bonchev–Trinajstić information content (AvgIpc) is 3.19. The molecule has 8 nitrogen and oxygen atoms in total. The minimum Gasteiger partial charge on any atom is -0.486 e. The Bertz CT molecular complexity index is 861. The Morgan fingerprint density at radius 2 is 2.08 bits per heavy atom. The van der Waals surface area contributed by atoms with Gasteiger partial charge in [-0.25, -0.2) is 9.89 Å².